The predicted octanol–water partition coefficient (Wildman–Crippen LogP) is 2.30. The molecule has 2 rings (SSSR count). The van der Waals surface area contributed by atoms with Crippen LogP contribution in [0.25, 0.3) is 0 Å². The molecule has 1 aromatic rings. The second-order valence-corrected chi connectivity index (χ2v) is 5.38. The molecule has 0 aliphatic carbocycles. The van der Waals surface area contributed by atoms with Crippen molar-refractivity contribution < 1.29 is 9.53 Å². The Balaban J connectivity index is 1.71. The first kappa shape index (κ1) is 14.9. The monoisotopic (exact) mass is 276 g/mol. The SMILES string of the molecule is COCC1CCCN(C(=O)NCCc2ccccc2)C1. The summed E-state index contributed by atoms with van der Waals surface area (Å²) in [5.74, 6) is 0.480. The first-order valence-corrected chi connectivity index (χ1v) is 7.35. The molecule has 0 bridgehead atoms. The lowest BCUT2D eigenvalue weighted by Crippen LogP contribution is -2.46. The molecule has 0 saturated carbocycles. The van der Waals surface area contributed by atoms with E-state index in [1.165, 1.54) is 5.56 Å². The van der Waals surface area contributed by atoms with Gasteiger partial charge in [-0.2, -0.15) is 0 Å². The number of methoxy groups -OCH3 is 1. The molecule has 0 aromatic heterocycles. The highest BCUT2D eigenvalue weighted by Crippen LogP contribution is 2.16. The summed E-state index contributed by atoms with van der Waals surface area (Å²) in [5, 5.41) is 3.01. The number of benzene rings is 1. The van der Waals surface area contributed by atoms with Crippen molar-refractivity contribution in [1.82, 2.24) is 10.2 Å². The number of hydrogen-bond acceptors (Lipinski definition) is 2. The molecule has 1 unspecified atom stereocenters. The number of piperidine rings is 1. The molecule has 1 aliphatic rings. The number of carbonyl (C=O) groups is 1. The molecule has 0 radical (unpaired) electrons. The second kappa shape index (κ2) is 7.90. The maximum atomic E-state index is 12.1. The normalized spacial score (nSPS) is 18.9. The summed E-state index contributed by atoms with van der Waals surface area (Å²) in [5.41, 5.74) is 1.25. The van der Waals surface area contributed by atoms with Crippen LogP contribution in [0.2, 0.25) is 0 Å². The van der Waals surface area contributed by atoms with Crippen LogP contribution in [-0.2, 0) is 11.2 Å². The van der Waals surface area contributed by atoms with Crippen LogP contribution in [0.4, 0.5) is 4.79 Å². The Morgan fingerprint density at radius 3 is 2.95 bits per heavy atom. The van der Waals surface area contributed by atoms with Gasteiger partial charge in [0, 0.05) is 32.7 Å². The van der Waals surface area contributed by atoms with Crippen molar-refractivity contribution in [3.05, 3.63) is 35.9 Å². The number of rotatable bonds is 5. The van der Waals surface area contributed by atoms with Gasteiger partial charge in [0.15, 0.2) is 0 Å². The Kier molecular flexibility index (Phi) is 5.87. The van der Waals surface area contributed by atoms with Crippen LogP contribution in [0.15, 0.2) is 30.3 Å². The third-order valence-corrected chi connectivity index (χ3v) is 3.74. The van der Waals surface area contributed by atoms with Crippen molar-refractivity contribution in [2.24, 2.45) is 5.92 Å². The molecule has 1 fully saturated rings. The highest BCUT2D eigenvalue weighted by Gasteiger charge is 2.23. The molecule has 1 atom stereocenters. The zero-order valence-electron chi connectivity index (χ0n) is 12.2. The van der Waals surface area contributed by atoms with Crippen molar-refractivity contribution in [3.63, 3.8) is 0 Å². The Hall–Kier alpha value is -1.55. The lowest BCUT2D eigenvalue weighted by molar-refractivity contribution is 0.100. The average Bonchev–Trinajstić information content (AvgIpc) is 2.49. The van der Waals surface area contributed by atoms with Crippen LogP contribution < -0.4 is 5.32 Å². The quantitative estimate of drug-likeness (QED) is 0.896. The number of ether oxygens (including phenoxy) is 1. The molecular weight excluding hydrogens is 252 g/mol. The fourth-order valence-corrected chi connectivity index (χ4v) is 2.69. The van der Waals surface area contributed by atoms with Gasteiger partial charge < -0.3 is 15.0 Å². The molecule has 1 N–H and O–H groups in total. The van der Waals surface area contributed by atoms with E-state index in [0.717, 1.165) is 39.0 Å². The van der Waals surface area contributed by atoms with Crippen molar-refractivity contribution in [2.45, 2.75) is 19.3 Å². The van der Waals surface area contributed by atoms with E-state index in [1.54, 1.807) is 7.11 Å². The van der Waals surface area contributed by atoms with Gasteiger partial charge in [0.05, 0.1) is 6.61 Å². The van der Waals surface area contributed by atoms with Gasteiger partial charge in [-0.05, 0) is 24.8 Å². The summed E-state index contributed by atoms with van der Waals surface area (Å²) in [7, 11) is 1.72. The van der Waals surface area contributed by atoms with Crippen molar-refractivity contribution >= 4 is 6.03 Å². The average molecular weight is 276 g/mol. The van der Waals surface area contributed by atoms with Crippen molar-refractivity contribution in [2.75, 3.05) is 33.4 Å². The maximum Gasteiger partial charge on any atom is 0.317 e. The van der Waals surface area contributed by atoms with E-state index in [4.69, 9.17) is 4.74 Å². The molecule has 1 saturated heterocycles. The zero-order valence-corrected chi connectivity index (χ0v) is 12.2. The minimum absolute atomic E-state index is 0.0572. The third-order valence-electron chi connectivity index (χ3n) is 3.74. The number of likely N-dealkylation sites (tertiary alicyclic amines) is 1. The molecule has 110 valence electrons. The van der Waals surface area contributed by atoms with Crippen molar-refractivity contribution in [3.8, 4) is 0 Å². The molecule has 4 heteroatoms. The second-order valence-electron chi connectivity index (χ2n) is 5.38. The van der Waals surface area contributed by atoms with E-state index < -0.39 is 0 Å². The number of nitrogens with one attached hydrogen (secondary N) is 1. The molecule has 4 nitrogen and oxygen atoms in total. The number of carbonyl (C=O) groups excluding carboxylic acids is 1. The van der Waals surface area contributed by atoms with Crippen LogP contribution in [0, 0.1) is 5.92 Å². The third kappa shape index (κ3) is 4.53. The van der Waals surface area contributed by atoms with E-state index in [9.17, 15) is 4.79 Å². The van der Waals surface area contributed by atoms with Gasteiger partial charge >= 0.3 is 6.03 Å². The fraction of sp³-hybridized carbons (Fsp3) is 0.562. The summed E-state index contributed by atoms with van der Waals surface area (Å²) in [6.07, 6.45) is 3.10. The molecule has 0 spiro atoms. The van der Waals surface area contributed by atoms with Crippen LogP contribution in [0.5, 0.6) is 0 Å². The number of urea groups is 1. The summed E-state index contributed by atoms with van der Waals surface area (Å²) >= 11 is 0. The molecule has 1 aromatic carbocycles. The summed E-state index contributed by atoms with van der Waals surface area (Å²) in [4.78, 5) is 14.0. The smallest absolute Gasteiger partial charge is 0.317 e. The summed E-state index contributed by atoms with van der Waals surface area (Å²) in [6.45, 7) is 3.10. The van der Waals surface area contributed by atoms with Crippen LogP contribution in [-0.4, -0.2) is 44.3 Å². The first-order chi connectivity index (χ1) is 9.79. The van der Waals surface area contributed by atoms with Gasteiger partial charge in [-0.1, -0.05) is 30.3 Å². The van der Waals surface area contributed by atoms with Crippen LogP contribution in [0.3, 0.4) is 0 Å². The van der Waals surface area contributed by atoms with E-state index in [2.05, 4.69) is 17.4 Å². The van der Waals surface area contributed by atoms with Crippen LogP contribution in [0.1, 0.15) is 18.4 Å². The van der Waals surface area contributed by atoms with Gasteiger partial charge in [0.2, 0.25) is 0 Å². The minimum atomic E-state index is 0.0572. The van der Waals surface area contributed by atoms with Gasteiger partial charge in [0.25, 0.3) is 0 Å². The van der Waals surface area contributed by atoms with Gasteiger partial charge in [-0.3, -0.25) is 0 Å². The Labute approximate surface area is 121 Å². The fourth-order valence-electron chi connectivity index (χ4n) is 2.69. The van der Waals surface area contributed by atoms with Gasteiger partial charge in [0.1, 0.15) is 0 Å². The highest BCUT2D eigenvalue weighted by atomic mass is 16.5. The van der Waals surface area contributed by atoms with E-state index in [0.29, 0.717) is 12.5 Å². The van der Waals surface area contributed by atoms with E-state index >= 15 is 0 Å². The standard InChI is InChI=1S/C16H24N2O2/c1-20-13-15-8-5-11-18(12-15)16(19)17-10-9-14-6-3-2-4-7-14/h2-4,6-7,15H,5,8-13H2,1H3,(H,17,19). The van der Waals surface area contributed by atoms with Crippen LogP contribution >= 0.6 is 0 Å². The molecular formula is C16H24N2O2. The first-order valence-electron chi connectivity index (χ1n) is 7.35. The van der Waals surface area contributed by atoms with Gasteiger partial charge in [-0.15, -0.1) is 0 Å². The Morgan fingerprint density at radius 1 is 1.40 bits per heavy atom. The maximum absolute atomic E-state index is 12.1. The molecule has 2 amide bonds. The lowest BCUT2D eigenvalue weighted by atomic mass is 9.99. The lowest BCUT2D eigenvalue weighted by Gasteiger charge is -2.32. The number of amides is 2. The summed E-state index contributed by atoms with van der Waals surface area (Å²) in [6, 6.07) is 10.3. The molecule has 20 heavy (non-hydrogen) atoms. The Bertz CT molecular complexity index is 406. The van der Waals surface area contributed by atoms with E-state index in [-0.39, 0.29) is 6.03 Å². The van der Waals surface area contributed by atoms with Gasteiger partial charge in [-0.25, -0.2) is 4.79 Å². The number of hydrogen-bond donors (Lipinski definition) is 1. The minimum Gasteiger partial charge on any atom is -0.384 e. The topological polar surface area (TPSA) is 41.6 Å². The highest BCUT2D eigenvalue weighted by molar-refractivity contribution is 5.74. The number of nitrogens with zero attached hydrogens (tertiary/aromatic N) is 1. The zero-order chi connectivity index (χ0) is 14.2. The predicted molar refractivity (Wildman–Crippen MR) is 79.7 cm³/mol. The van der Waals surface area contributed by atoms with Crippen molar-refractivity contribution in [1.29, 1.82) is 0 Å². The van der Waals surface area contributed by atoms with E-state index in [1.807, 2.05) is 23.1 Å². The largest absolute Gasteiger partial charge is 0.384 e. The molecule has 1 aliphatic heterocycles. The molecule has 1 heterocycles. The summed E-state index contributed by atoms with van der Waals surface area (Å²) < 4.78 is 5.19. The Morgan fingerprint density at radius 2 is 2.20 bits per heavy atom.